The van der Waals surface area contributed by atoms with Crippen molar-refractivity contribution in [1.29, 1.82) is 0 Å². The van der Waals surface area contributed by atoms with Gasteiger partial charge in [-0.2, -0.15) is 0 Å². The molecule has 0 aliphatic rings. The minimum absolute atomic E-state index is 0.0307. The number of ether oxygens (including phenoxy) is 2. The summed E-state index contributed by atoms with van der Waals surface area (Å²) in [6, 6.07) is 4.46. The molecule has 19 heavy (non-hydrogen) atoms. The summed E-state index contributed by atoms with van der Waals surface area (Å²) in [7, 11) is 1.45. The summed E-state index contributed by atoms with van der Waals surface area (Å²) in [5.41, 5.74) is 0.564. The van der Waals surface area contributed by atoms with E-state index < -0.39 is 11.8 Å². The molecule has 0 heterocycles. The zero-order chi connectivity index (χ0) is 14.4. The topological polar surface area (TPSA) is 72.9 Å². The van der Waals surface area contributed by atoms with E-state index in [1.165, 1.54) is 39.2 Å². The predicted octanol–water partition coefficient (Wildman–Crippen LogP) is 1.38. The van der Waals surface area contributed by atoms with E-state index >= 15 is 0 Å². The van der Waals surface area contributed by atoms with E-state index in [-0.39, 0.29) is 18.2 Å². The van der Waals surface area contributed by atoms with Crippen molar-refractivity contribution in [3.05, 3.63) is 23.8 Å². The Labute approximate surface area is 110 Å². The van der Waals surface area contributed by atoms with Crippen molar-refractivity contribution in [2.24, 2.45) is 0 Å². The SMILES string of the molecule is COCOc1ccc(C=O)cc1N(C(C)=O)C(C)=O. The van der Waals surface area contributed by atoms with Crippen molar-refractivity contribution in [1.82, 2.24) is 0 Å². The van der Waals surface area contributed by atoms with Crippen molar-refractivity contribution in [2.45, 2.75) is 13.8 Å². The van der Waals surface area contributed by atoms with Crippen molar-refractivity contribution in [2.75, 3.05) is 18.8 Å². The molecule has 1 aromatic rings. The Morgan fingerprint density at radius 3 is 2.37 bits per heavy atom. The molecule has 0 radical (unpaired) electrons. The molecule has 2 amide bonds. The molecular formula is C13H15NO5. The third-order valence-electron chi connectivity index (χ3n) is 2.32. The number of anilines is 1. The van der Waals surface area contributed by atoms with Gasteiger partial charge in [0.2, 0.25) is 11.8 Å². The largest absolute Gasteiger partial charge is 0.465 e. The maximum absolute atomic E-state index is 11.5. The first kappa shape index (κ1) is 14.8. The molecular weight excluding hydrogens is 250 g/mol. The number of carbonyl (C=O) groups is 3. The van der Waals surface area contributed by atoms with Crippen LogP contribution < -0.4 is 9.64 Å². The van der Waals surface area contributed by atoms with Crippen LogP contribution in [0.4, 0.5) is 5.69 Å². The highest BCUT2D eigenvalue weighted by Gasteiger charge is 2.21. The number of methoxy groups -OCH3 is 1. The Kier molecular flexibility index (Phi) is 5.20. The van der Waals surface area contributed by atoms with Gasteiger partial charge in [-0.05, 0) is 18.2 Å². The zero-order valence-corrected chi connectivity index (χ0v) is 11.0. The van der Waals surface area contributed by atoms with Crippen LogP contribution in [-0.4, -0.2) is 32.0 Å². The molecule has 1 rings (SSSR count). The number of imide groups is 1. The molecule has 0 spiro atoms. The van der Waals surface area contributed by atoms with E-state index in [1.807, 2.05) is 0 Å². The van der Waals surface area contributed by atoms with E-state index in [0.29, 0.717) is 11.8 Å². The lowest BCUT2D eigenvalue weighted by molar-refractivity contribution is -0.124. The monoisotopic (exact) mass is 265 g/mol. The molecule has 0 bridgehead atoms. The smallest absolute Gasteiger partial charge is 0.230 e. The Morgan fingerprint density at radius 2 is 1.89 bits per heavy atom. The second-order valence-corrected chi connectivity index (χ2v) is 3.77. The summed E-state index contributed by atoms with van der Waals surface area (Å²) in [6.45, 7) is 2.49. The van der Waals surface area contributed by atoms with Crippen LogP contribution in [0.25, 0.3) is 0 Å². The molecule has 0 aliphatic heterocycles. The van der Waals surface area contributed by atoms with Gasteiger partial charge in [0, 0.05) is 26.5 Å². The number of aldehydes is 1. The maximum atomic E-state index is 11.5. The van der Waals surface area contributed by atoms with Crippen LogP contribution in [0, 0.1) is 0 Å². The van der Waals surface area contributed by atoms with Gasteiger partial charge in [0.25, 0.3) is 0 Å². The lowest BCUT2D eigenvalue weighted by atomic mass is 10.2. The second-order valence-electron chi connectivity index (χ2n) is 3.77. The van der Waals surface area contributed by atoms with Gasteiger partial charge >= 0.3 is 0 Å². The predicted molar refractivity (Wildman–Crippen MR) is 68.2 cm³/mol. The maximum Gasteiger partial charge on any atom is 0.230 e. The Hall–Kier alpha value is -2.21. The summed E-state index contributed by atoms with van der Waals surface area (Å²) >= 11 is 0. The van der Waals surface area contributed by atoms with Crippen molar-refractivity contribution in [3.8, 4) is 5.75 Å². The lowest BCUT2D eigenvalue weighted by Crippen LogP contribution is -2.33. The fourth-order valence-electron chi connectivity index (χ4n) is 1.59. The Bertz CT molecular complexity index is 484. The number of hydrogen-bond donors (Lipinski definition) is 0. The fourth-order valence-corrected chi connectivity index (χ4v) is 1.59. The first-order chi connectivity index (χ1) is 9.01. The molecule has 1 aromatic carbocycles. The van der Waals surface area contributed by atoms with Crippen LogP contribution in [0.5, 0.6) is 5.75 Å². The first-order valence-corrected chi connectivity index (χ1v) is 5.53. The number of hydrogen-bond acceptors (Lipinski definition) is 5. The molecule has 0 aliphatic carbocycles. The lowest BCUT2D eigenvalue weighted by Gasteiger charge is -2.20. The fraction of sp³-hybridized carbons (Fsp3) is 0.308. The summed E-state index contributed by atoms with van der Waals surface area (Å²) in [5.74, 6) is -0.631. The average molecular weight is 265 g/mol. The molecule has 0 saturated heterocycles. The highest BCUT2D eigenvalue weighted by atomic mass is 16.7. The normalized spacial score (nSPS) is 9.84. The van der Waals surface area contributed by atoms with Crippen LogP contribution in [0.2, 0.25) is 0 Å². The van der Waals surface area contributed by atoms with Crippen LogP contribution >= 0.6 is 0 Å². The molecule has 6 heteroatoms. The first-order valence-electron chi connectivity index (χ1n) is 5.53. The highest BCUT2D eigenvalue weighted by Crippen LogP contribution is 2.29. The third-order valence-corrected chi connectivity index (χ3v) is 2.32. The zero-order valence-electron chi connectivity index (χ0n) is 11.0. The van der Waals surface area contributed by atoms with Crippen LogP contribution in [-0.2, 0) is 14.3 Å². The van der Waals surface area contributed by atoms with Crippen molar-refractivity contribution in [3.63, 3.8) is 0 Å². The van der Waals surface area contributed by atoms with Crippen LogP contribution in [0.1, 0.15) is 24.2 Å². The third kappa shape index (κ3) is 3.62. The summed E-state index contributed by atoms with van der Waals surface area (Å²) < 4.78 is 10.1. The van der Waals surface area contributed by atoms with E-state index in [1.54, 1.807) is 0 Å². The highest BCUT2D eigenvalue weighted by molar-refractivity contribution is 6.14. The number of amides is 2. The molecule has 0 saturated carbocycles. The second kappa shape index (κ2) is 6.65. The molecule has 102 valence electrons. The molecule has 0 N–H and O–H groups in total. The number of benzene rings is 1. The summed E-state index contributed by atoms with van der Waals surface area (Å²) in [4.78, 5) is 34.8. The van der Waals surface area contributed by atoms with Crippen molar-refractivity contribution < 1.29 is 23.9 Å². The van der Waals surface area contributed by atoms with Crippen molar-refractivity contribution >= 4 is 23.8 Å². The van der Waals surface area contributed by atoms with Gasteiger partial charge in [0.1, 0.15) is 12.0 Å². The van der Waals surface area contributed by atoms with Gasteiger partial charge in [-0.1, -0.05) is 0 Å². The average Bonchev–Trinajstić information content (AvgIpc) is 2.36. The van der Waals surface area contributed by atoms with E-state index in [0.717, 1.165) is 4.90 Å². The minimum atomic E-state index is -0.460. The number of rotatable bonds is 5. The van der Waals surface area contributed by atoms with Gasteiger partial charge in [0.15, 0.2) is 6.79 Å². The molecule has 0 unspecified atom stereocenters. The van der Waals surface area contributed by atoms with Gasteiger partial charge in [0.05, 0.1) is 5.69 Å². The Morgan fingerprint density at radius 1 is 1.26 bits per heavy atom. The van der Waals surface area contributed by atoms with Gasteiger partial charge in [-0.25, -0.2) is 4.90 Å². The summed E-state index contributed by atoms with van der Waals surface area (Å²) in [6.07, 6.45) is 0.627. The van der Waals surface area contributed by atoms with E-state index in [4.69, 9.17) is 9.47 Å². The van der Waals surface area contributed by atoms with Gasteiger partial charge < -0.3 is 9.47 Å². The standard InChI is InChI=1S/C13H15NO5/c1-9(16)14(10(2)17)12-6-11(7-15)4-5-13(12)19-8-18-3/h4-7H,8H2,1-3H3. The molecule has 0 aromatic heterocycles. The summed E-state index contributed by atoms with van der Waals surface area (Å²) in [5, 5.41) is 0. The van der Waals surface area contributed by atoms with Crippen LogP contribution in [0.3, 0.4) is 0 Å². The van der Waals surface area contributed by atoms with Gasteiger partial charge in [-0.15, -0.1) is 0 Å². The van der Waals surface area contributed by atoms with E-state index in [2.05, 4.69) is 0 Å². The molecule has 0 fully saturated rings. The van der Waals surface area contributed by atoms with Gasteiger partial charge in [-0.3, -0.25) is 14.4 Å². The molecule has 0 atom stereocenters. The minimum Gasteiger partial charge on any atom is -0.465 e. The van der Waals surface area contributed by atoms with Crippen LogP contribution in [0.15, 0.2) is 18.2 Å². The molecule has 6 nitrogen and oxygen atoms in total. The number of carbonyl (C=O) groups excluding carboxylic acids is 3. The Balaban J connectivity index is 3.29. The van der Waals surface area contributed by atoms with E-state index in [9.17, 15) is 14.4 Å². The number of nitrogens with zero attached hydrogens (tertiary/aromatic N) is 1. The quantitative estimate of drug-likeness (QED) is 0.594.